The van der Waals surface area contributed by atoms with Crippen LogP contribution in [0.4, 0.5) is 11.1 Å². The van der Waals surface area contributed by atoms with Gasteiger partial charge in [0.15, 0.2) is 5.13 Å². The number of nitrogen functional groups attached to an aromatic ring is 1. The van der Waals surface area contributed by atoms with Gasteiger partial charge in [-0.25, -0.2) is 19.7 Å². The van der Waals surface area contributed by atoms with Crippen LogP contribution in [0.5, 0.6) is 0 Å². The van der Waals surface area contributed by atoms with Crippen molar-refractivity contribution in [3.05, 3.63) is 34.1 Å². The lowest BCUT2D eigenvalue weighted by molar-refractivity contribution is 0.0701. The summed E-state index contributed by atoms with van der Waals surface area (Å²) in [5.74, 6) is -1.41. The molecule has 1 aliphatic carbocycles. The van der Waals surface area contributed by atoms with E-state index < -0.39 is 17.3 Å². The standard InChI is InChI=1S/C16H15N7O3S/c1-16(2)3-6-4-18-14(17)20-9(6)10-8(16)11(23-22-10)12(24)21-15-19-5-7(27-15)13(25)26/h4-5H,3H2,1-2H3,(H,22,23)(H,25,26)(H2,17,18,20)(H,19,21,24). The summed E-state index contributed by atoms with van der Waals surface area (Å²) in [6.07, 6.45) is 3.50. The van der Waals surface area contributed by atoms with Crippen LogP contribution in [0.3, 0.4) is 0 Å². The molecule has 0 saturated carbocycles. The SMILES string of the molecule is CC1(C)Cc2cnc(N)nc2-c2n[nH]c(C(=O)Nc3ncc(C(=O)O)s3)c21. The maximum Gasteiger partial charge on any atom is 0.347 e. The van der Waals surface area contributed by atoms with Gasteiger partial charge >= 0.3 is 5.97 Å². The molecule has 3 heterocycles. The topological polar surface area (TPSA) is 160 Å². The third kappa shape index (κ3) is 2.81. The summed E-state index contributed by atoms with van der Waals surface area (Å²) in [4.78, 5) is 36.0. The number of hydrogen-bond donors (Lipinski definition) is 4. The van der Waals surface area contributed by atoms with E-state index in [4.69, 9.17) is 10.8 Å². The fourth-order valence-corrected chi connectivity index (χ4v) is 3.90. The first-order valence-electron chi connectivity index (χ1n) is 7.97. The number of hydrogen-bond acceptors (Lipinski definition) is 8. The number of carbonyl (C=O) groups excluding carboxylic acids is 1. The molecule has 0 radical (unpaired) electrons. The molecule has 0 unspecified atom stereocenters. The number of carboxylic acid groups (broad SMARTS) is 1. The number of nitrogens with two attached hydrogens (primary N) is 1. The van der Waals surface area contributed by atoms with Crippen LogP contribution in [0.1, 0.15) is 45.1 Å². The number of rotatable bonds is 3. The molecule has 3 aromatic rings. The van der Waals surface area contributed by atoms with Crippen molar-refractivity contribution in [2.24, 2.45) is 0 Å². The molecule has 1 aliphatic rings. The van der Waals surface area contributed by atoms with Crippen LogP contribution in [0.2, 0.25) is 0 Å². The Morgan fingerprint density at radius 3 is 2.78 bits per heavy atom. The molecule has 5 N–H and O–H groups in total. The third-order valence-electron chi connectivity index (χ3n) is 4.35. The predicted molar refractivity (Wildman–Crippen MR) is 97.8 cm³/mol. The van der Waals surface area contributed by atoms with E-state index in [-0.39, 0.29) is 21.7 Å². The Bertz CT molecular complexity index is 1090. The molecule has 4 rings (SSSR count). The molecule has 1 amide bonds. The molecule has 138 valence electrons. The van der Waals surface area contributed by atoms with Crippen molar-refractivity contribution in [2.75, 3.05) is 11.1 Å². The van der Waals surface area contributed by atoms with E-state index in [1.807, 2.05) is 13.8 Å². The molecule has 0 atom stereocenters. The lowest BCUT2D eigenvalue weighted by Gasteiger charge is -2.30. The maximum atomic E-state index is 12.8. The van der Waals surface area contributed by atoms with Crippen LogP contribution in [0, 0.1) is 0 Å². The van der Waals surface area contributed by atoms with Gasteiger partial charge in [0, 0.05) is 11.8 Å². The number of anilines is 2. The molecular weight excluding hydrogens is 370 g/mol. The number of nitrogens with zero attached hydrogens (tertiary/aromatic N) is 4. The fourth-order valence-electron chi connectivity index (χ4n) is 3.25. The maximum absolute atomic E-state index is 12.8. The van der Waals surface area contributed by atoms with E-state index in [9.17, 15) is 9.59 Å². The van der Waals surface area contributed by atoms with Crippen molar-refractivity contribution < 1.29 is 14.7 Å². The number of carbonyl (C=O) groups is 2. The summed E-state index contributed by atoms with van der Waals surface area (Å²) in [5.41, 5.74) is 8.40. The summed E-state index contributed by atoms with van der Waals surface area (Å²) in [6, 6.07) is 0. The van der Waals surface area contributed by atoms with Gasteiger partial charge in [0.1, 0.15) is 16.3 Å². The Morgan fingerprint density at radius 1 is 1.30 bits per heavy atom. The third-order valence-corrected chi connectivity index (χ3v) is 5.25. The second kappa shape index (κ2) is 5.84. The minimum atomic E-state index is -1.10. The van der Waals surface area contributed by atoms with Crippen LogP contribution < -0.4 is 11.1 Å². The lowest BCUT2D eigenvalue weighted by atomic mass is 9.73. The number of aromatic nitrogens is 5. The van der Waals surface area contributed by atoms with Crippen molar-refractivity contribution in [1.29, 1.82) is 0 Å². The number of carboxylic acids is 1. The zero-order valence-corrected chi connectivity index (χ0v) is 15.2. The first-order chi connectivity index (χ1) is 12.8. The van der Waals surface area contributed by atoms with E-state index in [1.54, 1.807) is 6.20 Å². The van der Waals surface area contributed by atoms with E-state index in [0.29, 0.717) is 17.8 Å². The Morgan fingerprint density at radius 2 is 2.07 bits per heavy atom. The second-order valence-corrected chi connectivity index (χ2v) is 7.80. The van der Waals surface area contributed by atoms with Crippen molar-refractivity contribution in [2.45, 2.75) is 25.7 Å². The molecule has 0 bridgehead atoms. The minimum absolute atomic E-state index is 0.0402. The van der Waals surface area contributed by atoms with Gasteiger partial charge in [-0.2, -0.15) is 5.10 Å². The van der Waals surface area contributed by atoms with Gasteiger partial charge in [0.2, 0.25) is 5.95 Å². The van der Waals surface area contributed by atoms with Crippen LogP contribution >= 0.6 is 11.3 Å². The van der Waals surface area contributed by atoms with Gasteiger partial charge in [-0.15, -0.1) is 0 Å². The second-order valence-electron chi connectivity index (χ2n) is 6.77. The molecular formula is C16H15N7O3S. The van der Waals surface area contributed by atoms with Gasteiger partial charge in [-0.1, -0.05) is 25.2 Å². The predicted octanol–water partition coefficient (Wildman–Crippen LogP) is 1.69. The monoisotopic (exact) mass is 385 g/mol. The molecule has 11 heteroatoms. The summed E-state index contributed by atoms with van der Waals surface area (Å²) < 4.78 is 0. The highest BCUT2D eigenvalue weighted by Gasteiger charge is 2.38. The molecule has 0 spiro atoms. The number of H-pyrrole nitrogens is 1. The number of thiazole rings is 1. The molecule has 27 heavy (non-hydrogen) atoms. The fraction of sp³-hybridized carbons (Fsp3) is 0.250. The molecule has 0 aromatic carbocycles. The summed E-state index contributed by atoms with van der Waals surface area (Å²) in [7, 11) is 0. The Labute approximate surface area is 156 Å². The number of fused-ring (bicyclic) bond motifs is 3. The highest BCUT2D eigenvalue weighted by Crippen LogP contribution is 2.42. The average Bonchev–Trinajstić information content (AvgIpc) is 3.23. The van der Waals surface area contributed by atoms with Gasteiger partial charge in [0.25, 0.3) is 5.91 Å². The van der Waals surface area contributed by atoms with Gasteiger partial charge in [-0.05, 0) is 17.4 Å². The van der Waals surface area contributed by atoms with Gasteiger partial charge < -0.3 is 10.8 Å². The first kappa shape index (κ1) is 17.1. The first-order valence-corrected chi connectivity index (χ1v) is 8.79. The Hall–Kier alpha value is -3.34. The molecule has 0 saturated heterocycles. The molecule has 0 fully saturated rings. The Kier molecular flexibility index (Phi) is 3.70. The van der Waals surface area contributed by atoms with E-state index >= 15 is 0 Å². The lowest BCUT2D eigenvalue weighted by Crippen LogP contribution is -2.29. The number of amides is 1. The zero-order valence-electron chi connectivity index (χ0n) is 14.4. The smallest absolute Gasteiger partial charge is 0.347 e. The Balaban J connectivity index is 1.73. The highest BCUT2D eigenvalue weighted by molar-refractivity contribution is 7.17. The van der Waals surface area contributed by atoms with E-state index in [1.165, 1.54) is 6.20 Å². The van der Waals surface area contributed by atoms with E-state index in [2.05, 4.69) is 30.5 Å². The zero-order chi connectivity index (χ0) is 19.3. The van der Waals surface area contributed by atoms with Crippen LogP contribution in [-0.2, 0) is 11.8 Å². The van der Waals surface area contributed by atoms with Gasteiger partial charge in [0.05, 0.1) is 11.9 Å². The normalized spacial score (nSPS) is 14.3. The average molecular weight is 385 g/mol. The summed E-state index contributed by atoms with van der Waals surface area (Å²) >= 11 is 0.880. The number of aromatic amines is 1. The summed E-state index contributed by atoms with van der Waals surface area (Å²) in [5, 5.41) is 18.9. The van der Waals surface area contributed by atoms with Crippen molar-refractivity contribution in [3.63, 3.8) is 0 Å². The molecule has 10 nitrogen and oxygen atoms in total. The van der Waals surface area contributed by atoms with Crippen molar-refractivity contribution in [1.82, 2.24) is 25.1 Å². The van der Waals surface area contributed by atoms with Gasteiger partial charge in [-0.3, -0.25) is 15.2 Å². The van der Waals surface area contributed by atoms with Crippen molar-refractivity contribution >= 4 is 34.3 Å². The summed E-state index contributed by atoms with van der Waals surface area (Å²) in [6.45, 7) is 4.01. The van der Waals surface area contributed by atoms with E-state index in [0.717, 1.165) is 22.5 Å². The number of aromatic carboxylic acids is 1. The van der Waals surface area contributed by atoms with Crippen LogP contribution in [0.15, 0.2) is 12.4 Å². The quantitative estimate of drug-likeness (QED) is 0.530. The number of nitrogens with one attached hydrogen (secondary N) is 2. The van der Waals surface area contributed by atoms with Crippen LogP contribution in [-0.4, -0.2) is 42.1 Å². The highest BCUT2D eigenvalue weighted by atomic mass is 32.1. The largest absolute Gasteiger partial charge is 0.477 e. The molecule has 3 aromatic heterocycles. The van der Waals surface area contributed by atoms with Crippen LogP contribution in [0.25, 0.3) is 11.4 Å². The van der Waals surface area contributed by atoms with Crippen molar-refractivity contribution in [3.8, 4) is 11.4 Å². The minimum Gasteiger partial charge on any atom is -0.477 e. The molecule has 0 aliphatic heterocycles.